The normalized spacial score (nSPS) is 21.2. The molecule has 0 saturated carbocycles. The van der Waals surface area contributed by atoms with E-state index in [9.17, 15) is 0 Å². The number of hydrogen-bond acceptors (Lipinski definition) is 8. The van der Waals surface area contributed by atoms with Crippen LogP contribution in [-0.2, 0) is 4.74 Å². The Bertz CT molecular complexity index is 885. The fraction of sp³-hybridized carbons (Fsp3) is 0.455. The summed E-state index contributed by atoms with van der Waals surface area (Å²) in [5.74, 6) is 0.393. The van der Waals surface area contributed by atoms with Gasteiger partial charge in [-0.1, -0.05) is 12.1 Å². The quantitative estimate of drug-likeness (QED) is 0.498. The van der Waals surface area contributed by atoms with E-state index in [4.69, 9.17) is 26.6 Å². The van der Waals surface area contributed by atoms with Crippen molar-refractivity contribution in [1.82, 2.24) is 9.97 Å². The minimum absolute atomic E-state index is 0.158. The van der Waals surface area contributed by atoms with E-state index in [1.807, 2.05) is 36.7 Å². The molecule has 158 valence electrons. The van der Waals surface area contributed by atoms with E-state index in [0.29, 0.717) is 18.2 Å². The molecule has 1 aromatic carbocycles. The van der Waals surface area contributed by atoms with E-state index in [1.165, 1.54) is 6.21 Å². The van der Waals surface area contributed by atoms with Gasteiger partial charge in [-0.3, -0.25) is 4.99 Å². The summed E-state index contributed by atoms with van der Waals surface area (Å²) in [7, 11) is 0. The molecule has 0 bridgehead atoms. The zero-order chi connectivity index (χ0) is 20.9. The monoisotopic (exact) mass is 407 g/mol. The maximum Gasteiger partial charge on any atom is 0.225 e. The maximum absolute atomic E-state index is 7.99. The van der Waals surface area contributed by atoms with Crippen molar-refractivity contribution in [3.05, 3.63) is 36.0 Å². The Kier molecular flexibility index (Phi) is 6.35. The Morgan fingerprint density at radius 3 is 2.63 bits per heavy atom. The van der Waals surface area contributed by atoms with Crippen LogP contribution in [-0.4, -0.2) is 60.8 Å². The maximum atomic E-state index is 7.99. The van der Waals surface area contributed by atoms with Crippen molar-refractivity contribution in [3.63, 3.8) is 0 Å². The van der Waals surface area contributed by atoms with Crippen LogP contribution in [0.5, 0.6) is 0 Å². The van der Waals surface area contributed by atoms with Gasteiger partial charge < -0.3 is 26.5 Å². The second-order valence-electron chi connectivity index (χ2n) is 7.93. The van der Waals surface area contributed by atoms with Gasteiger partial charge in [0.05, 0.1) is 24.3 Å². The van der Waals surface area contributed by atoms with Gasteiger partial charge in [0.2, 0.25) is 5.95 Å². The molecule has 0 radical (unpaired) electrons. The number of nitrogens with zero attached hydrogens (tertiary/aromatic N) is 4. The van der Waals surface area contributed by atoms with E-state index >= 15 is 0 Å². The summed E-state index contributed by atoms with van der Waals surface area (Å²) in [6.07, 6.45) is 7.82. The van der Waals surface area contributed by atoms with Crippen LogP contribution >= 0.6 is 0 Å². The summed E-state index contributed by atoms with van der Waals surface area (Å²) in [6.45, 7) is 3.07. The summed E-state index contributed by atoms with van der Waals surface area (Å²) < 4.78 is 5.40. The number of anilines is 2. The molecule has 0 amide bonds. The minimum Gasteiger partial charge on any atom is -0.399 e. The van der Waals surface area contributed by atoms with Gasteiger partial charge in [-0.05, 0) is 31.4 Å². The number of aromatic nitrogens is 2. The molecule has 8 nitrogen and oxygen atoms in total. The van der Waals surface area contributed by atoms with Gasteiger partial charge in [0.15, 0.2) is 0 Å². The van der Waals surface area contributed by atoms with Gasteiger partial charge in [0.1, 0.15) is 0 Å². The van der Waals surface area contributed by atoms with Crippen LogP contribution in [0.2, 0.25) is 0 Å². The third-order valence-electron chi connectivity index (χ3n) is 5.71. The summed E-state index contributed by atoms with van der Waals surface area (Å²) in [5, 5.41) is 7.99. The van der Waals surface area contributed by atoms with E-state index in [1.54, 1.807) is 0 Å². The van der Waals surface area contributed by atoms with Crippen molar-refractivity contribution in [3.8, 4) is 11.3 Å². The fourth-order valence-corrected chi connectivity index (χ4v) is 3.82. The Labute approximate surface area is 176 Å². The highest BCUT2D eigenvalue weighted by atomic mass is 16.5. The van der Waals surface area contributed by atoms with Gasteiger partial charge in [-0.25, -0.2) is 9.97 Å². The molecule has 5 N–H and O–H groups in total. The van der Waals surface area contributed by atoms with Crippen LogP contribution in [0.4, 0.5) is 11.6 Å². The van der Waals surface area contributed by atoms with Gasteiger partial charge in [-0.2, -0.15) is 0 Å². The molecular weight excluding hydrogens is 378 g/mol. The Hall–Kier alpha value is -2.84. The lowest BCUT2D eigenvalue weighted by atomic mass is 9.97. The van der Waals surface area contributed by atoms with Crippen LogP contribution in [0.1, 0.15) is 30.7 Å². The molecule has 2 unspecified atom stereocenters. The van der Waals surface area contributed by atoms with Crippen molar-refractivity contribution >= 4 is 24.1 Å². The number of rotatable bonds is 6. The van der Waals surface area contributed by atoms with Gasteiger partial charge in [-0.15, -0.1) is 0 Å². The standard InChI is InChI=1S/C22H29N7O/c23-11-16(12-26-19-7-10-30-14-19)20-13-27-22(29-8-5-18(25)6-9-29)28-21(20)15-1-3-17(24)4-2-15/h1-4,11-13,16,18-19,23H,5-10,14,24-25H2. The van der Waals surface area contributed by atoms with Crippen molar-refractivity contribution in [1.29, 1.82) is 5.41 Å². The van der Waals surface area contributed by atoms with E-state index < -0.39 is 0 Å². The third-order valence-corrected chi connectivity index (χ3v) is 5.71. The van der Waals surface area contributed by atoms with Crippen molar-refractivity contribution in [2.75, 3.05) is 36.9 Å². The van der Waals surface area contributed by atoms with E-state index in [-0.39, 0.29) is 18.0 Å². The van der Waals surface area contributed by atoms with Crippen LogP contribution < -0.4 is 16.4 Å². The molecule has 3 heterocycles. The molecule has 1 aromatic heterocycles. The molecule has 8 heteroatoms. The molecule has 2 atom stereocenters. The first-order chi connectivity index (χ1) is 14.6. The molecule has 2 saturated heterocycles. The molecule has 2 aliphatic heterocycles. The lowest BCUT2D eigenvalue weighted by molar-refractivity contribution is 0.194. The molecule has 4 rings (SSSR count). The highest BCUT2D eigenvalue weighted by molar-refractivity contribution is 5.91. The van der Waals surface area contributed by atoms with E-state index in [2.05, 4.69) is 14.9 Å². The first-order valence-corrected chi connectivity index (χ1v) is 10.5. The molecule has 2 aliphatic rings. The predicted octanol–water partition coefficient (Wildman–Crippen LogP) is 2.25. The third kappa shape index (κ3) is 4.66. The van der Waals surface area contributed by atoms with Crippen molar-refractivity contribution in [2.45, 2.75) is 37.3 Å². The average molecular weight is 408 g/mol. The minimum atomic E-state index is -0.304. The Balaban J connectivity index is 1.68. The number of piperidine rings is 1. The molecule has 2 fully saturated rings. The molecular formula is C22H29N7O. The lowest BCUT2D eigenvalue weighted by Crippen LogP contribution is -2.40. The number of aliphatic imine (C=N–C) groups is 1. The van der Waals surface area contributed by atoms with Crippen LogP contribution in [0.25, 0.3) is 11.3 Å². The van der Waals surface area contributed by atoms with Crippen molar-refractivity contribution < 1.29 is 4.74 Å². The average Bonchev–Trinajstić information content (AvgIpc) is 3.29. The van der Waals surface area contributed by atoms with Gasteiger partial charge in [0, 0.05) is 61.2 Å². The highest BCUT2D eigenvalue weighted by Crippen LogP contribution is 2.29. The topological polar surface area (TPSA) is 126 Å². The van der Waals surface area contributed by atoms with Gasteiger partial charge in [0.25, 0.3) is 0 Å². The largest absolute Gasteiger partial charge is 0.399 e. The second kappa shape index (κ2) is 9.32. The molecule has 2 aromatic rings. The highest BCUT2D eigenvalue weighted by Gasteiger charge is 2.22. The number of hydrogen-bond donors (Lipinski definition) is 3. The first kappa shape index (κ1) is 20.4. The lowest BCUT2D eigenvalue weighted by Gasteiger charge is -2.30. The summed E-state index contributed by atoms with van der Waals surface area (Å²) in [5.41, 5.74) is 15.2. The number of nitrogens with one attached hydrogen (secondary N) is 1. The van der Waals surface area contributed by atoms with Crippen molar-refractivity contribution in [2.24, 2.45) is 10.7 Å². The number of nitrogens with two attached hydrogens (primary N) is 2. The SMILES string of the molecule is N=CC(C=NC1CCOC1)c1cnc(N2CCC(N)CC2)nc1-c1ccc(N)cc1. The number of ether oxygens (including phenoxy) is 1. The second-order valence-corrected chi connectivity index (χ2v) is 7.93. The van der Waals surface area contributed by atoms with Crippen LogP contribution in [0.3, 0.4) is 0 Å². The summed E-state index contributed by atoms with van der Waals surface area (Å²) in [4.78, 5) is 16.4. The first-order valence-electron chi connectivity index (χ1n) is 10.5. The fourth-order valence-electron chi connectivity index (χ4n) is 3.82. The molecule has 0 spiro atoms. The number of benzene rings is 1. The zero-order valence-corrected chi connectivity index (χ0v) is 17.1. The Morgan fingerprint density at radius 2 is 1.97 bits per heavy atom. The van der Waals surface area contributed by atoms with E-state index in [0.717, 1.165) is 55.8 Å². The van der Waals surface area contributed by atoms with Gasteiger partial charge >= 0.3 is 0 Å². The van der Waals surface area contributed by atoms with Crippen LogP contribution in [0, 0.1) is 5.41 Å². The summed E-state index contributed by atoms with van der Waals surface area (Å²) >= 11 is 0. The van der Waals surface area contributed by atoms with Crippen LogP contribution in [0.15, 0.2) is 35.5 Å². The zero-order valence-electron chi connectivity index (χ0n) is 17.1. The molecule has 30 heavy (non-hydrogen) atoms. The molecule has 0 aliphatic carbocycles. The number of nitrogen functional groups attached to an aromatic ring is 1. The summed E-state index contributed by atoms with van der Waals surface area (Å²) in [6, 6.07) is 8.05. The smallest absolute Gasteiger partial charge is 0.225 e. The Morgan fingerprint density at radius 1 is 1.20 bits per heavy atom. The predicted molar refractivity (Wildman–Crippen MR) is 121 cm³/mol.